The molecule has 2 nitrogen and oxygen atoms in total. The molecule has 0 saturated heterocycles. The van der Waals surface area contributed by atoms with E-state index in [1.807, 2.05) is 65.0 Å². The van der Waals surface area contributed by atoms with Gasteiger partial charge in [0.2, 0.25) is 5.91 Å². The van der Waals surface area contributed by atoms with Crippen molar-refractivity contribution in [2.24, 2.45) is 0 Å². The van der Waals surface area contributed by atoms with Crippen molar-refractivity contribution in [1.29, 1.82) is 0 Å². The van der Waals surface area contributed by atoms with Gasteiger partial charge in [0.25, 0.3) is 0 Å². The first-order valence-electron chi connectivity index (χ1n) is 6.13. The molecule has 0 aliphatic rings. The van der Waals surface area contributed by atoms with Crippen molar-refractivity contribution in [3.8, 4) is 0 Å². The fourth-order valence-corrected chi connectivity index (χ4v) is 1.04. The van der Waals surface area contributed by atoms with Crippen molar-refractivity contribution >= 4 is 5.91 Å². The topological polar surface area (TPSA) is 29.1 Å². The molecule has 0 radical (unpaired) electrons. The summed E-state index contributed by atoms with van der Waals surface area (Å²) >= 11 is 0. The van der Waals surface area contributed by atoms with Crippen LogP contribution in [0.3, 0.4) is 0 Å². The quantitative estimate of drug-likeness (QED) is 0.836. The van der Waals surface area contributed by atoms with E-state index in [0.717, 1.165) is 5.56 Å². The van der Waals surface area contributed by atoms with Crippen LogP contribution in [0.25, 0.3) is 0 Å². The largest absolute Gasteiger partial charge is 0.356 e. The van der Waals surface area contributed by atoms with Crippen molar-refractivity contribution in [3.05, 3.63) is 35.9 Å². The van der Waals surface area contributed by atoms with Gasteiger partial charge < -0.3 is 5.32 Å². The normalized spacial score (nSPS) is 7.81. The van der Waals surface area contributed by atoms with Gasteiger partial charge in [-0.25, -0.2) is 0 Å². The van der Waals surface area contributed by atoms with Gasteiger partial charge in [-0.1, -0.05) is 58.0 Å². The summed E-state index contributed by atoms with van der Waals surface area (Å²) < 4.78 is 0. The van der Waals surface area contributed by atoms with Gasteiger partial charge in [-0.05, 0) is 12.5 Å². The van der Waals surface area contributed by atoms with Crippen molar-refractivity contribution in [1.82, 2.24) is 5.32 Å². The fraction of sp³-hybridized carbons (Fsp3) is 0.500. The summed E-state index contributed by atoms with van der Waals surface area (Å²) in [6.45, 7) is 10.6. The van der Waals surface area contributed by atoms with E-state index < -0.39 is 0 Å². The molecule has 92 valence electrons. The van der Waals surface area contributed by atoms with Gasteiger partial charge in [0, 0.05) is 6.54 Å². The fourth-order valence-electron chi connectivity index (χ4n) is 1.04. The molecule has 0 spiro atoms. The van der Waals surface area contributed by atoms with Crippen LogP contribution in [0.1, 0.15) is 40.2 Å². The van der Waals surface area contributed by atoms with Crippen LogP contribution < -0.4 is 5.32 Å². The molecule has 0 aliphatic carbocycles. The van der Waals surface area contributed by atoms with E-state index >= 15 is 0 Å². The lowest BCUT2D eigenvalue weighted by Gasteiger charge is -2.00. The zero-order valence-corrected chi connectivity index (χ0v) is 11.2. The number of amides is 1. The summed E-state index contributed by atoms with van der Waals surface area (Å²) in [5, 5.41) is 2.76. The van der Waals surface area contributed by atoms with E-state index in [0.29, 0.717) is 13.0 Å². The number of benzene rings is 1. The molecule has 0 atom stereocenters. The molecule has 0 heterocycles. The Morgan fingerprint density at radius 1 is 1.06 bits per heavy atom. The van der Waals surface area contributed by atoms with Crippen LogP contribution in [0, 0.1) is 0 Å². The molecule has 2 heteroatoms. The molecule has 1 rings (SSSR count). The SMILES string of the molecule is CC.CC.CCNC(=O)Cc1ccccc1. The first kappa shape index (κ1) is 17.1. The molecular formula is C14H25NO. The van der Waals surface area contributed by atoms with Crippen LogP contribution in [-0.4, -0.2) is 12.5 Å². The minimum absolute atomic E-state index is 0.0868. The summed E-state index contributed by atoms with van der Waals surface area (Å²) in [7, 11) is 0. The van der Waals surface area contributed by atoms with Crippen LogP contribution in [0.2, 0.25) is 0 Å². The molecule has 1 amide bonds. The van der Waals surface area contributed by atoms with Crippen molar-refractivity contribution < 1.29 is 4.79 Å². The Hall–Kier alpha value is -1.31. The molecule has 1 N–H and O–H groups in total. The number of carbonyl (C=O) groups is 1. The zero-order valence-electron chi connectivity index (χ0n) is 11.2. The minimum Gasteiger partial charge on any atom is -0.356 e. The average Bonchev–Trinajstić information content (AvgIpc) is 2.36. The second kappa shape index (κ2) is 13.7. The van der Waals surface area contributed by atoms with Crippen LogP contribution in [0.5, 0.6) is 0 Å². The number of rotatable bonds is 3. The first-order valence-corrected chi connectivity index (χ1v) is 6.13. The summed E-state index contributed by atoms with van der Waals surface area (Å²) in [5.74, 6) is 0.0868. The number of hydrogen-bond acceptors (Lipinski definition) is 1. The third kappa shape index (κ3) is 9.25. The van der Waals surface area contributed by atoms with Crippen molar-refractivity contribution in [2.75, 3.05) is 6.54 Å². The lowest BCUT2D eigenvalue weighted by atomic mass is 10.1. The van der Waals surface area contributed by atoms with E-state index in [2.05, 4.69) is 5.32 Å². The lowest BCUT2D eigenvalue weighted by Crippen LogP contribution is -2.24. The lowest BCUT2D eigenvalue weighted by molar-refractivity contribution is -0.120. The number of likely N-dealkylation sites (N-methyl/N-ethyl adjacent to an activating group) is 1. The minimum atomic E-state index is 0.0868. The van der Waals surface area contributed by atoms with E-state index in [1.165, 1.54) is 0 Å². The Kier molecular flexibility index (Phi) is 14.6. The van der Waals surface area contributed by atoms with E-state index in [-0.39, 0.29) is 5.91 Å². The summed E-state index contributed by atoms with van der Waals surface area (Å²) in [6.07, 6.45) is 0.481. The molecule has 0 aromatic heterocycles. The molecule has 0 saturated carbocycles. The second-order valence-electron chi connectivity index (χ2n) is 2.62. The van der Waals surface area contributed by atoms with Crippen LogP contribution in [0.4, 0.5) is 0 Å². The Bertz CT molecular complexity index is 244. The smallest absolute Gasteiger partial charge is 0.224 e. The van der Waals surface area contributed by atoms with Crippen molar-refractivity contribution in [3.63, 3.8) is 0 Å². The summed E-state index contributed by atoms with van der Waals surface area (Å²) in [4.78, 5) is 11.1. The van der Waals surface area contributed by atoms with Crippen molar-refractivity contribution in [2.45, 2.75) is 41.0 Å². The first-order chi connectivity index (χ1) is 7.83. The van der Waals surface area contributed by atoms with E-state index in [9.17, 15) is 4.79 Å². The third-order valence-corrected chi connectivity index (χ3v) is 1.58. The van der Waals surface area contributed by atoms with Crippen LogP contribution >= 0.6 is 0 Å². The Balaban J connectivity index is 0. The Labute approximate surface area is 100 Å². The summed E-state index contributed by atoms with van der Waals surface area (Å²) in [6, 6.07) is 9.73. The average molecular weight is 223 g/mol. The van der Waals surface area contributed by atoms with Gasteiger partial charge in [-0.3, -0.25) is 4.79 Å². The molecule has 16 heavy (non-hydrogen) atoms. The Morgan fingerprint density at radius 3 is 2.00 bits per heavy atom. The predicted molar refractivity (Wildman–Crippen MR) is 71.5 cm³/mol. The van der Waals surface area contributed by atoms with Crippen LogP contribution in [0.15, 0.2) is 30.3 Å². The third-order valence-electron chi connectivity index (χ3n) is 1.58. The predicted octanol–water partition coefficient (Wildman–Crippen LogP) is 3.42. The number of carbonyl (C=O) groups excluding carboxylic acids is 1. The second-order valence-corrected chi connectivity index (χ2v) is 2.62. The van der Waals surface area contributed by atoms with Gasteiger partial charge in [-0.2, -0.15) is 0 Å². The zero-order chi connectivity index (χ0) is 12.8. The van der Waals surface area contributed by atoms with Gasteiger partial charge in [0.15, 0.2) is 0 Å². The maximum atomic E-state index is 11.1. The van der Waals surface area contributed by atoms with E-state index in [1.54, 1.807) is 0 Å². The highest BCUT2D eigenvalue weighted by Crippen LogP contribution is 1.98. The summed E-state index contributed by atoms with van der Waals surface area (Å²) in [5.41, 5.74) is 1.06. The molecule has 1 aromatic carbocycles. The Morgan fingerprint density at radius 2 is 1.56 bits per heavy atom. The van der Waals surface area contributed by atoms with Crippen LogP contribution in [-0.2, 0) is 11.2 Å². The maximum absolute atomic E-state index is 11.1. The molecule has 0 aliphatic heterocycles. The standard InChI is InChI=1S/C10H13NO.2C2H6/c1-2-11-10(12)8-9-6-4-3-5-7-9;2*1-2/h3-7H,2,8H2,1H3,(H,11,12);2*1-2H3. The van der Waals surface area contributed by atoms with Gasteiger partial charge in [0.1, 0.15) is 0 Å². The molecular weight excluding hydrogens is 198 g/mol. The number of nitrogens with one attached hydrogen (secondary N) is 1. The van der Waals surface area contributed by atoms with Gasteiger partial charge >= 0.3 is 0 Å². The highest BCUT2D eigenvalue weighted by atomic mass is 16.1. The molecule has 0 fully saturated rings. The van der Waals surface area contributed by atoms with Gasteiger partial charge in [0.05, 0.1) is 6.42 Å². The molecule has 1 aromatic rings. The maximum Gasteiger partial charge on any atom is 0.224 e. The van der Waals surface area contributed by atoms with E-state index in [4.69, 9.17) is 0 Å². The molecule has 0 unspecified atom stereocenters. The monoisotopic (exact) mass is 223 g/mol. The highest BCUT2D eigenvalue weighted by molar-refractivity contribution is 5.78. The highest BCUT2D eigenvalue weighted by Gasteiger charge is 1.99. The molecule has 0 bridgehead atoms. The van der Waals surface area contributed by atoms with Gasteiger partial charge in [-0.15, -0.1) is 0 Å². The number of hydrogen-bond donors (Lipinski definition) is 1.